The van der Waals surface area contributed by atoms with Crippen molar-refractivity contribution in [1.29, 1.82) is 0 Å². The van der Waals surface area contributed by atoms with Gasteiger partial charge in [0.2, 0.25) is 5.91 Å². The van der Waals surface area contributed by atoms with Gasteiger partial charge in [-0.15, -0.1) is 0 Å². The number of hydrogen-bond donors (Lipinski definition) is 1. The van der Waals surface area contributed by atoms with E-state index in [0.29, 0.717) is 15.6 Å². The topological polar surface area (TPSA) is 55.4 Å². The number of methoxy groups -OCH3 is 1. The predicted octanol–water partition coefficient (Wildman–Crippen LogP) is 4.16. The van der Waals surface area contributed by atoms with Gasteiger partial charge in [-0.05, 0) is 43.4 Å². The number of carbonyl (C=O) groups is 2. The van der Waals surface area contributed by atoms with Crippen LogP contribution in [0, 0.1) is 5.92 Å². The molecule has 0 heterocycles. The van der Waals surface area contributed by atoms with Crippen LogP contribution >= 0.6 is 23.2 Å². The molecule has 1 N–H and O–H groups in total. The Labute approximate surface area is 152 Å². The van der Waals surface area contributed by atoms with Crippen LogP contribution in [0.2, 0.25) is 10.0 Å². The van der Waals surface area contributed by atoms with Gasteiger partial charge in [0, 0.05) is 10.0 Å². The molecular weight excluding hydrogens is 349 g/mol. The SMILES string of the molecule is COC(=O)[C@](C)(NC(=O)Cc1c(Cl)cccc1Cl)C1CCCCC1. The Morgan fingerprint density at radius 2 is 1.79 bits per heavy atom. The van der Waals surface area contributed by atoms with Gasteiger partial charge in [0.15, 0.2) is 0 Å². The number of carbonyl (C=O) groups excluding carboxylic acids is 2. The largest absolute Gasteiger partial charge is 0.467 e. The number of esters is 1. The lowest BCUT2D eigenvalue weighted by atomic mass is 9.75. The fourth-order valence-corrected chi connectivity index (χ4v) is 3.94. The van der Waals surface area contributed by atoms with Crippen molar-refractivity contribution >= 4 is 35.1 Å². The molecule has 1 aromatic carbocycles. The fourth-order valence-electron chi connectivity index (χ4n) is 3.41. The number of halogens is 2. The van der Waals surface area contributed by atoms with Crippen molar-refractivity contribution in [2.75, 3.05) is 7.11 Å². The van der Waals surface area contributed by atoms with E-state index in [1.807, 2.05) is 0 Å². The minimum absolute atomic E-state index is 0.0256. The van der Waals surface area contributed by atoms with E-state index >= 15 is 0 Å². The lowest BCUT2D eigenvalue weighted by Gasteiger charge is -2.38. The van der Waals surface area contributed by atoms with Crippen molar-refractivity contribution in [3.8, 4) is 0 Å². The number of rotatable bonds is 5. The van der Waals surface area contributed by atoms with E-state index in [9.17, 15) is 9.59 Å². The van der Waals surface area contributed by atoms with Crippen molar-refractivity contribution < 1.29 is 14.3 Å². The molecule has 1 aliphatic rings. The van der Waals surface area contributed by atoms with E-state index in [0.717, 1.165) is 32.1 Å². The fraction of sp³-hybridized carbons (Fsp3) is 0.556. The minimum Gasteiger partial charge on any atom is -0.467 e. The van der Waals surface area contributed by atoms with Gasteiger partial charge in [0.1, 0.15) is 5.54 Å². The van der Waals surface area contributed by atoms with Gasteiger partial charge in [-0.1, -0.05) is 48.5 Å². The van der Waals surface area contributed by atoms with Gasteiger partial charge >= 0.3 is 5.97 Å². The summed E-state index contributed by atoms with van der Waals surface area (Å²) in [5.41, 5.74) is -0.464. The Morgan fingerprint density at radius 1 is 1.21 bits per heavy atom. The Morgan fingerprint density at radius 3 is 2.33 bits per heavy atom. The monoisotopic (exact) mass is 371 g/mol. The van der Waals surface area contributed by atoms with Gasteiger partial charge in [-0.25, -0.2) is 4.79 Å². The molecule has 1 fully saturated rings. The molecule has 2 rings (SSSR count). The third kappa shape index (κ3) is 4.22. The van der Waals surface area contributed by atoms with Gasteiger partial charge in [0.25, 0.3) is 0 Å². The summed E-state index contributed by atoms with van der Waals surface area (Å²) in [4.78, 5) is 24.9. The first-order chi connectivity index (χ1) is 11.4. The quantitative estimate of drug-likeness (QED) is 0.790. The van der Waals surface area contributed by atoms with Crippen LogP contribution in [0.1, 0.15) is 44.6 Å². The Hall–Kier alpha value is -1.26. The molecule has 0 spiro atoms. The molecule has 4 nitrogen and oxygen atoms in total. The van der Waals surface area contributed by atoms with Crippen molar-refractivity contribution in [3.63, 3.8) is 0 Å². The second-order valence-electron chi connectivity index (χ2n) is 6.45. The number of hydrogen-bond acceptors (Lipinski definition) is 3. The second kappa shape index (κ2) is 8.21. The minimum atomic E-state index is -1.03. The maximum absolute atomic E-state index is 12.6. The summed E-state index contributed by atoms with van der Waals surface area (Å²) in [6, 6.07) is 5.11. The number of nitrogens with one attached hydrogen (secondary N) is 1. The molecule has 6 heteroatoms. The van der Waals surface area contributed by atoms with Crippen LogP contribution < -0.4 is 5.32 Å². The first-order valence-electron chi connectivity index (χ1n) is 8.20. The Kier molecular flexibility index (Phi) is 6.53. The standard InChI is InChI=1S/C18H23Cl2NO3/c1-18(17(23)24-2,12-7-4-3-5-8-12)21-16(22)11-13-14(19)9-6-10-15(13)20/h6,9-10,12H,3-5,7-8,11H2,1-2H3,(H,21,22)/t18-/m1/s1. The van der Waals surface area contributed by atoms with Gasteiger partial charge < -0.3 is 10.1 Å². The Bertz CT molecular complexity index is 594. The molecule has 0 bridgehead atoms. The van der Waals surface area contributed by atoms with Crippen LogP contribution in [0.15, 0.2) is 18.2 Å². The van der Waals surface area contributed by atoms with Crippen molar-refractivity contribution in [2.45, 2.75) is 51.0 Å². The number of amides is 1. The summed E-state index contributed by atoms with van der Waals surface area (Å²) < 4.78 is 4.96. The first kappa shape index (κ1) is 19.1. The van der Waals surface area contributed by atoms with E-state index in [1.165, 1.54) is 7.11 Å². The lowest BCUT2D eigenvalue weighted by molar-refractivity contribution is -0.153. The van der Waals surface area contributed by atoms with E-state index < -0.39 is 11.5 Å². The average molecular weight is 372 g/mol. The highest BCUT2D eigenvalue weighted by Crippen LogP contribution is 2.34. The molecule has 0 unspecified atom stereocenters. The molecule has 0 aromatic heterocycles. The highest BCUT2D eigenvalue weighted by molar-refractivity contribution is 6.36. The molecule has 1 saturated carbocycles. The summed E-state index contributed by atoms with van der Waals surface area (Å²) in [5.74, 6) is -0.624. The van der Waals surface area contributed by atoms with E-state index in [4.69, 9.17) is 27.9 Å². The summed E-state index contributed by atoms with van der Waals surface area (Å²) in [6.45, 7) is 1.75. The number of benzene rings is 1. The Balaban J connectivity index is 2.16. The maximum Gasteiger partial charge on any atom is 0.331 e. The van der Waals surface area contributed by atoms with Crippen LogP contribution in [0.3, 0.4) is 0 Å². The third-order valence-corrected chi connectivity index (χ3v) is 5.54. The lowest BCUT2D eigenvalue weighted by Crippen LogP contribution is -2.58. The van der Waals surface area contributed by atoms with Crippen LogP contribution in [-0.4, -0.2) is 24.5 Å². The summed E-state index contributed by atoms with van der Waals surface area (Å²) in [6.07, 6.45) is 5.11. The summed E-state index contributed by atoms with van der Waals surface area (Å²) >= 11 is 12.3. The first-order valence-corrected chi connectivity index (χ1v) is 8.96. The molecule has 1 atom stereocenters. The van der Waals surface area contributed by atoms with Crippen molar-refractivity contribution in [2.24, 2.45) is 5.92 Å². The zero-order chi connectivity index (χ0) is 17.7. The van der Waals surface area contributed by atoms with Crippen LogP contribution in [-0.2, 0) is 20.7 Å². The molecule has 1 aliphatic carbocycles. The van der Waals surface area contributed by atoms with Gasteiger partial charge in [-0.3, -0.25) is 4.79 Å². The smallest absolute Gasteiger partial charge is 0.331 e. The second-order valence-corrected chi connectivity index (χ2v) is 7.27. The van der Waals surface area contributed by atoms with Crippen LogP contribution in [0.25, 0.3) is 0 Å². The van der Waals surface area contributed by atoms with Crippen molar-refractivity contribution in [3.05, 3.63) is 33.8 Å². The predicted molar refractivity (Wildman–Crippen MR) is 95.3 cm³/mol. The highest BCUT2D eigenvalue weighted by Gasteiger charge is 2.43. The summed E-state index contributed by atoms with van der Waals surface area (Å²) in [7, 11) is 1.35. The molecular formula is C18H23Cl2NO3. The molecule has 132 valence electrons. The van der Waals surface area contributed by atoms with Crippen LogP contribution in [0.5, 0.6) is 0 Å². The summed E-state index contributed by atoms with van der Waals surface area (Å²) in [5, 5.41) is 3.77. The molecule has 0 radical (unpaired) electrons. The average Bonchev–Trinajstić information content (AvgIpc) is 2.58. The zero-order valence-electron chi connectivity index (χ0n) is 14.0. The molecule has 0 saturated heterocycles. The molecule has 0 aliphatic heterocycles. The number of ether oxygens (including phenoxy) is 1. The third-order valence-electron chi connectivity index (χ3n) is 4.83. The van der Waals surface area contributed by atoms with E-state index in [2.05, 4.69) is 5.32 Å². The van der Waals surface area contributed by atoms with Crippen LogP contribution in [0.4, 0.5) is 0 Å². The molecule has 24 heavy (non-hydrogen) atoms. The van der Waals surface area contributed by atoms with Gasteiger partial charge in [0.05, 0.1) is 13.5 Å². The molecule has 1 aromatic rings. The normalized spacial score (nSPS) is 17.8. The van der Waals surface area contributed by atoms with Gasteiger partial charge in [-0.2, -0.15) is 0 Å². The molecule has 1 amide bonds. The zero-order valence-corrected chi connectivity index (χ0v) is 15.5. The maximum atomic E-state index is 12.6. The van der Waals surface area contributed by atoms with E-state index in [-0.39, 0.29) is 18.2 Å². The van der Waals surface area contributed by atoms with E-state index in [1.54, 1.807) is 25.1 Å². The van der Waals surface area contributed by atoms with Crippen molar-refractivity contribution in [1.82, 2.24) is 5.32 Å². The highest BCUT2D eigenvalue weighted by atomic mass is 35.5.